The minimum Gasteiger partial charge on any atom is -0.480 e. The fourth-order valence-electron chi connectivity index (χ4n) is 3.66. The maximum Gasteiger partial charge on any atom is 0.326 e. The molecular formula is C23H30N2O3. The first-order chi connectivity index (χ1) is 13.6. The third-order valence-corrected chi connectivity index (χ3v) is 5.42. The van der Waals surface area contributed by atoms with Crippen molar-refractivity contribution >= 4 is 22.6 Å². The third kappa shape index (κ3) is 5.55. The number of unbranched alkanes of at least 4 members (excludes halogenated alkanes) is 1. The van der Waals surface area contributed by atoms with Crippen LogP contribution in [-0.4, -0.2) is 40.5 Å². The van der Waals surface area contributed by atoms with Crippen LogP contribution < -0.4 is 5.32 Å². The second-order valence-corrected chi connectivity index (χ2v) is 7.69. The highest BCUT2D eigenvalue weighted by molar-refractivity contribution is 5.85. The Bertz CT molecular complexity index is 811. The van der Waals surface area contributed by atoms with E-state index in [0.717, 1.165) is 19.4 Å². The Hall–Kier alpha value is -2.40. The lowest BCUT2D eigenvalue weighted by molar-refractivity contribution is -0.142. The lowest BCUT2D eigenvalue weighted by atomic mass is 10.0. The molecule has 3 rings (SSSR count). The lowest BCUT2D eigenvalue weighted by Crippen LogP contribution is -2.42. The Morgan fingerprint density at radius 2 is 1.93 bits per heavy atom. The molecule has 2 N–H and O–H groups in total. The zero-order valence-corrected chi connectivity index (χ0v) is 16.6. The number of carbonyl (C=O) groups is 2. The van der Waals surface area contributed by atoms with Gasteiger partial charge in [0.1, 0.15) is 6.04 Å². The summed E-state index contributed by atoms with van der Waals surface area (Å²) in [5, 5.41) is 14.5. The summed E-state index contributed by atoms with van der Waals surface area (Å²) in [6, 6.07) is 14.5. The molecular weight excluding hydrogens is 352 g/mol. The second kappa shape index (κ2) is 9.69. The standard InChI is InChI=1S/C23H30N2O3/c1-2-3-11-21(23(27)28)24-22(26)14-15-25(19-12-13-19)16-18-9-6-8-17-7-4-5-10-20(17)18/h4-10,19,21H,2-3,11-16H2,1H3,(H,24,26)(H,27,28). The molecule has 150 valence electrons. The van der Waals surface area contributed by atoms with Crippen LogP contribution >= 0.6 is 0 Å². The highest BCUT2D eigenvalue weighted by Crippen LogP contribution is 2.30. The lowest BCUT2D eigenvalue weighted by Gasteiger charge is -2.23. The van der Waals surface area contributed by atoms with Crippen molar-refractivity contribution in [2.24, 2.45) is 0 Å². The molecule has 0 spiro atoms. The van der Waals surface area contributed by atoms with Crippen molar-refractivity contribution < 1.29 is 14.7 Å². The molecule has 1 aliphatic rings. The molecule has 2 aromatic rings. The number of amides is 1. The molecule has 1 atom stereocenters. The number of fused-ring (bicyclic) bond motifs is 1. The monoisotopic (exact) mass is 382 g/mol. The molecule has 5 heteroatoms. The zero-order chi connectivity index (χ0) is 19.9. The van der Waals surface area contributed by atoms with Crippen LogP contribution in [0.1, 0.15) is 51.0 Å². The summed E-state index contributed by atoms with van der Waals surface area (Å²) in [6.07, 6.45) is 4.87. The van der Waals surface area contributed by atoms with Crippen LogP contribution in [0.4, 0.5) is 0 Å². The van der Waals surface area contributed by atoms with E-state index < -0.39 is 12.0 Å². The average molecular weight is 383 g/mol. The molecule has 5 nitrogen and oxygen atoms in total. The number of hydrogen-bond acceptors (Lipinski definition) is 3. The smallest absolute Gasteiger partial charge is 0.326 e. The van der Waals surface area contributed by atoms with E-state index in [4.69, 9.17) is 0 Å². The molecule has 0 aliphatic heterocycles. The zero-order valence-electron chi connectivity index (χ0n) is 16.6. The van der Waals surface area contributed by atoms with E-state index in [1.165, 1.54) is 29.2 Å². The van der Waals surface area contributed by atoms with Crippen LogP contribution in [0, 0.1) is 0 Å². The largest absolute Gasteiger partial charge is 0.480 e. The Labute approximate surface area is 166 Å². The maximum absolute atomic E-state index is 12.3. The van der Waals surface area contributed by atoms with Gasteiger partial charge in [-0.3, -0.25) is 9.69 Å². The summed E-state index contributed by atoms with van der Waals surface area (Å²) < 4.78 is 0. The number of hydrogen-bond donors (Lipinski definition) is 2. The minimum atomic E-state index is -0.948. The van der Waals surface area contributed by atoms with Gasteiger partial charge in [-0.15, -0.1) is 0 Å². The molecule has 0 heterocycles. The molecule has 1 aliphatic carbocycles. The van der Waals surface area contributed by atoms with Gasteiger partial charge in [-0.2, -0.15) is 0 Å². The number of carbonyl (C=O) groups excluding carboxylic acids is 1. The number of aliphatic carboxylic acids is 1. The summed E-state index contributed by atoms with van der Waals surface area (Å²) in [5.74, 6) is -1.12. The number of carboxylic acid groups (broad SMARTS) is 1. The van der Waals surface area contributed by atoms with E-state index in [9.17, 15) is 14.7 Å². The van der Waals surface area contributed by atoms with Gasteiger partial charge in [0.25, 0.3) is 0 Å². The van der Waals surface area contributed by atoms with Crippen molar-refractivity contribution in [1.82, 2.24) is 10.2 Å². The number of carboxylic acids is 1. The predicted octanol–water partition coefficient (Wildman–Crippen LogP) is 3.95. The van der Waals surface area contributed by atoms with Crippen LogP contribution in [0.3, 0.4) is 0 Å². The van der Waals surface area contributed by atoms with Gasteiger partial charge in [-0.1, -0.05) is 62.2 Å². The van der Waals surface area contributed by atoms with Crippen molar-refractivity contribution in [3.8, 4) is 0 Å². The highest BCUT2D eigenvalue weighted by Gasteiger charge is 2.29. The molecule has 1 fully saturated rings. The average Bonchev–Trinajstić information content (AvgIpc) is 3.53. The van der Waals surface area contributed by atoms with Gasteiger partial charge >= 0.3 is 5.97 Å². The number of nitrogens with zero attached hydrogens (tertiary/aromatic N) is 1. The minimum absolute atomic E-state index is 0.174. The van der Waals surface area contributed by atoms with Crippen molar-refractivity contribution in [3.63, 3.8) is 0 Å². The third-order valence-electron chi connectivity index (χ3n) is 5.42. The van der Waals surface area contributed by atoms with Gasteiger partial charge in [-0.05, 0) is 35.6 Å². The van der Waals surface area contributed by atoms with E-state index in [2.05, 4.69) is 46.6 Å². The van der Waals surface area contributed by atoms with E-state index in [0.29, 0.717) is 25.4 Å². The van der Waals surface area contributed by atoms with Gasteiger partial charge < -0.3 is 10.4 Å². The molecule has 0 bridgehead atoms. The van der Waals surface area contributed by atoms with Crippen LogP contribution in [0.5, 0.6) is 0 Å². The van der Waals surface area contributed by atoms with Crippen LogP contribution in [0.2, 0.25) is 0 Å². The van der Waals surface area contributed by atoms with Gasteiger partial charge in [0.15, 0.2) is 0 Å². The van der Waals surface area contributed by atoms with Gasteiger partial charge in [0, 0.05) is 25.6 Å². The van der Waals surface area contributed by atoms with Crippen molar-refractivity contribution in [3.05, 3.63) is 48.0 Å². The van der Waals surface area contributed by atoms with E-state index >= 15 is 0 Å². The highest BCUT2D eigenvalue weighted by atomic mass is 16.4. The molecule has 1 unspecified atom stereocenters. The number of rotatable bonds is 11. The van der Waals surface area contributed by atoms with Crippen molar-refractivity contribution in [2.45, 2.75) is 64.1 Å². The van der Waals surface area contributed by atoms with Crippen LogP contribution in [0.15, 0.2) is 42.5 Å². The summed E-state index contributed by atoms with van der Waals surface area (Å²) in [6.45, 7) is 3.48. The Balaban J connectivity index is 1.59. The van der Waals surface area contributed by atoms with Crippen molar-refractivity contribution in [2.75, 3.05) is 6.54 Å². The SMILES string of the molecule is CCCCC(NC(=O)CCN(Cc1cccc2ccccc12)C1CC1)C(=O)O. The Morgan fingerprint density at radius 3 is 2.64 bits per heavy atom. The molecule has 2 aromatic carbocycles. The predicted molar refractivity (Wildman–Crippen MR) is 111 cm³/mol. The molecule has 0 aromatic heterocycles. The Kier molecular flexibility index (Phi) is 7.04. The Morgan fingerprint density at radius 1 is 1.18 bits per heavy atom. The molecule has 0 saturated heterocycles. The van der Waals surface area contributed by atoms with E-state index in [1.54, 1.807) is 0 Å². The summed E-state index contributed by atoms with van der Waals surface area (Å²) >= 11 is 0. The van der Waals surface area contributed by atoms with Gasteiger partial charge in [0.05, 0.1) is 0 Å². The number of benzene rings is 2. The van der Waals surface area contributed by atoms with Crippen LogP contribution in [-0.2, 0) is 16.1 Å². The fraction of sp³-hybridized carbons (Fsp3) is 0.478. The van der Waals surface area contributed by atoms with E-state index in [1.807, 2.05) is 13.0 Å². The van der Waals surface area contributed by atoms with Gasteiger partial charge in [0.2, 0.25) is 5.91 Å². The van der Waals surface area contributed by atoms with Crippen molar-refractivity contribution in [1.29, 1.82) is 0 Å². The summed E-state index contributed by atoms with van der Waals surface area (Å²) in [4.78, 5) is 26.0. The second-order valence-electron chi connectivity index (χ2n) is 7.69. The quantitative estimate of drug-likeness (QED) is 0.617. The molecule has 28 heavy (non-hydrogen) atoms. The molecule has 1 amide bonds. The summed E-state index contributed by atoms with van der Waals surface area (Å²) in [7, 11) is 0. The first-order valence-electron chi connectivity index (χ1n) is 10.3. The summed E-state index contributed by atoms with van der Waals surface area (Å²) in [5.41, 5.74) is 1.27. The first kappa shape index (κ1) is 20.3. The molecule has 1 saturated carbocycles. The normalized spacial score (nSPS) is 14.9. The maximum atomic E-state index is 12.3. The topological polar surface area (TPSA) is 69.6 Å². The fourth-order valence-corrected chi connectivity index (χ4v) is 3.66. The van der Waals surface area contributed by atoms with Gasteiger partial charge in [-0.25, -0.2) is 4.79 Å². The molecule has 0 radical (unpaired) electrons. The van der Waals surface area contributed by atoms with E-state index in [-0.39, 0.29) is 5.91 Å². The first-order valence-corrected chi connectivity index (χ1v) is 10.3. The van der Waals surface area contributed by atoms with Crippen LogP contribution in [0.25, 0.3) is 10.8 Å². The number of nitrogens with one attached hydrogen (secondary N) is 1.